The largest absolute Gasteiger partial charge is 0.494 e. The number of halogens is 4. The highest BCUT2D eigenvalue weighted by Gasteiger charge is 2.32. The van der Waals surface area contributed by atoms with Gasteiger partial charge in [-0.2, -0.15) is 0 Å². The lowest BCUT2D eigenvalue weighted by Gasteiger charge is -2.39. The van der Waals surface area contributed by atoms with Crippen LogP contribution in [0.25, 0.3) is 0 Å². The number of likely N-dealkylation sites (tertiary alicyclic amines) is 1. The Morgan fingerprint density at radius 3 is 2.35 bits per heavy atom. The highest BCUT2D eigenvalue weighted by atomic mass is 35.5. The quantitative estimate of drug-likeness (QED) is 0.376. The molecule has 0 aromatic heterocycles. The summed E-state index contributed by atoms with van der Waals surface area (Å²) in [5.41, 5.74) is 0.973. The van der Waals surface area contributed by atoms with Crippen molar-refractivity contribution in [1.29, 1.82) is 0 Å². The first-order valence-electron chi connectivity index (χ1n) is 11.7. The number of piperidine rings is 1. The van der Waals surface area contributed by atoms with Gasteiger partial charge < -0.3 is 19.6 Å². The van der Waals surface area contributed by atoms with Crippen molar-refractivity contribution in [2.45, 2.75) is 51.0 Å². The molecule has 0 amide bonds. The lowest BCUT2D eigenvalue weighted by Crippen LogP contribution is -2.46. The Morgan fingerprint density at radius 2 is 1.74 bits per heavy atom. The fraction of sp³-hybridized carbons (Fsp3) is 0.538. The average Bonchev–Trinajstić information content (AvgIpc) is 2.79. The molecule has 0 saturated carbocycles. The molecule has 1 aliphatic rings. The maximum atomic E-state index is 13.8. The molecular weight excluding hydrogens is 481 g/mol. The third kappa shape index (κ3) is 9.21. The monoisotopic (exact) mass is 518 g/mol. The van der Waals surface area contributed by atoms with Crippen LogP contribution in [0.1, 0.15) is 44.6 Å². The number of aliphatic hydroxyl groups is 1. The smallest absolute Gasteiger partial charge is 0.129 e. The van der Waals surface area contributed by atoms with Gasteiger partial charge in [0.05, 0.1) is 12.2 Å². The molecule has 34 heavy (non-hydrogen) atoms. The van der Waals surface area contributed by atoms with E-state index >= 15 is 0 Å². The molecular formula is C26H38Cl2F2N2O2. The van der Waals surface area contributed by atoms with Crippen molar-refractivity contribution in [2.24, 2.45) is 0 Å². The van der Waals surface area contributed by atoms with Crippen molar-refractivity contribution in [1.82, 2.24) is 4.90 Å². The summed E-state index contributed by atoms with van der Waals surface area (Å²) in [4.78, 5) is 4.41. The van der Waals surface area contributed by atoms with E-state index < -0.39 is 17.2 Å². The van der Waals surface area contributed by atoms with Crippen molar-refractivity contribution in [3.63, 3.8) is 0 Å². The van der Waals surface area contributed by atoms with Crippen LogP contribution < -0.4 is 9.64 Å². The van der Waals surface area contributed by atoms with Crippen molar-refractivity contribution in [2.75, 3.05) is 44.7 Å². The van der Waals surface area contributed by atoms with Gasteiger partial charge in [-0.1, -0.05) is 19.4 Å². The third-order valence-electron chi connectivity index (χ3n) is 6.46. The Kier molecular flexibility index (Phi) is 13.2. The van der Waals surface area contributed by atoms with E-state index in [0.29, 0.717) is 37.8 Å². The fourth-order valence-electron chi connectivity index (χ4n) is 4.08. The maximum Gasteiger partial charge on any atom is 0.129 e. The van der Waals surface area contributed by atoms with Crippen LogP contribution in [0.2, 0.25) is 0 Å². The molecule has 1 fully saturated rings. The van der Waals surface area contributed by atoms with Gasteiger partial charge in [0.1, 0.15) is 17.4 Å². The molecule has 1 aliphatic heterocycles. The summed E-state index contributed by atoms with van der Waals surface area (Å²) in [6, 6.07) is 11.9. The second-order valence-corrected chi connectivity index (χ2v) is 8.92. The van der Waals surface area contributed by atoms with Crippen LogP contribution in [0.5, 0.6) is 5.75 Å². The topological polar surface area (TPSA) is 35.9 Å². The van der Waals surface area contributed by atoms with Crippen molar-refractivity contribution >= 4 is 30.5 Å². The average molecular weight is 520 g/mol. The molecule has 4 nitrogen and oxygen atoms in total. The molecule has 0 bridgehead atoms. The number of nitrogens with zero attached hydrogens (tertiary/aromatic N) is 2. The molecule has 0 aliphatic carbocycles. The number of rotatable bonds is 11. The Morgan fingerprint density at radius 1 is 1.06 bits per heavy atom. The van der Waals surface area contributed by atoms with Crippen molar-refractivity contribution < 1.29 is 18.6 Å². The summed E-state index contributed by atoms with van der Waals surface area (Å²) in [6.07, 6.45) is 4.84. The molecule has 0 spiro atoms. The van der Waals surface area contributed by atoms with E-state index in [1.807, 2.05) is 19.2 Å². The molecule has 192 valence electrons. The molecule has 3 rings (SSSR count). The molecule has 1 saturated heterocycles. The predicted molar refractivity (Wildman–Crippen MR) is 140 cm³/mol. The minimum Gasteiger partial charge on any atom is -0.494 e. The SMILES string of the molecule is CCCCOc1ccc(N(C)CCC2(O)CCN(CCc3ccc(F)cc3F)CC2)cc1.Cl.Cl. The molecule has 1 heterocycles. The minimum atomic E-state index is -0.672. The molecule has 0 atom stereocenters. The summed E-state index contributed by atoms with van der Waals surface area (Å²) in [7, 11) is 2.04. The number of hydrogen-bond acceptors (Lipinski definition) is 4. The number of unbranched alkanes of at least 4 members (excludes halogenated alkanes) is 1. The predicted octanol–water partition coefficient (Wildman–Crippen LogP) is 5.88. The van der Waals surface area contributed by atoms with E-state index in [1.54, 1.807) is 0 Å². The lowest BCUT2D eigenvalue weighted by atomic mass is 9.88. The zero-order valence-electron chi connectivity index (χ0n) is 20.1. The summed E-state index contributed by atoms with van der Waals surface area (Å²) in [5.74, 6) is -0.139. The van der Waals surface area contributed by atoms with E-state index in [4.69, 9.17) is 4.74 Å². The summed E-state index contributed by atoms with van der Waals surface area (Å²) >= 11 is 0. The van der Waals surface area contributed by atoms with Gasteiger partial charge in [-0.25, -0.2) is 8.78 Å². The second kappa shape index (κ2) is 14.7. The Balaban J connectivity index is 0.00000289. The normalized spacial score (nSPS) is 15.2. The molecule has 2 aromatic carbocycles. The van der Waals surface area contributed by atoms with Crippen LogP contribution >= 0.6 is 24.8 Å². The number of anilines is 1. The van der Waals surface area contributed by atoms with Crippen LogP contribution in [0.3, 0.4) is 0 Å². The Hall–Kier alpha value is -1.60. The maximum absolute atomic E-state index is 13.8. The molecule has 0 radical (unpaired) electrons. The van der Waals surface area contributed by atoms with Crippen LogP contribution in [0, 0.1) is 11.6 Å². The highest BCUT2D eigenvalue weighted by molar-refractivity contribution is 5.85. The molecule has 2 aromatic rings. The molecule has 1 N–H and O–H groups in total. The summed E-state index contributed by atoms with van der Waals surface area (Å²) < 4.78 is 32.6. The van der Waals surface area contributed by atoms with E-state index in [0.717, 1.165) is 56.6 Å². The first-order valence-corrected chi connectivity index (χ1v) is 11.7. The number of ether oxygens (including phenoxy) is 1. The van der Waals surface area contributed by atoms with E-state index in [9.17, 15) is 13.9 Å². The van der Waals surface area contributed by atoms with Crippen LogP contribution in [0.4, 0.5) is 14.5 Å². The minimum absolute atomic E-state index is 0. The first-order chi connectivity index (χ1) is 15.4. The molecule has 0 unspecified atom stereocenters. The van der Waals surface area contributed by atoms with Crippen LogP contribution in [-0.2, 0) is 6.42 Å². The van der Waals surface area contributed by atoms with Crippen molar-refractivity contribution in [3.05, 3.63) is 59.7 Å². The van der Waals surface area contributed by atoms with E-state index in [-0.39, 0.29) is 24.8 Å². The van der Waals surface area contributed by atoms with Gasteiger partial charge in [-0.3, -0.25) is 0 Å². The van der Waals surface area contributed by atoms with E-state index in [1.165, 1.54) is 12.1 Å². The molecule has 8 heteroatoms. The van der Waals surface area contributed by atoms with Gasteiger partial charge in [-0.05, 0) is 68.0 Å². The zero-order valence-corrected chi connectivity index (χ0v) is 21.8. The van der Waals surface area contributed by atoms with Gasteiger partial charge in [0.15, 0.2) is 0 Å². The standard InChI is InChI=1S/C26H36F2N2O2.2ClH/c1-3-4-19-32-24-9-7-23(8-10-24)29(2)16-12-26(31)13-17-30(18-14-26)15-11-21-5-6-22(27)20-25(21)28;;/h5-10,20,31H,3-4,11-19H2,1-2H3;2*1H. The summed E-state index contributed by atoms with van der Waals surface area (Å²) in [5, 5.41) is 11.0. The third-order valence-corrected chi connectivity index (χ3v) is 6.46. The Bertz CT molecular complexity index is 847. The lowest BCUT2D eigenvalue weighted by molar-refractivity contribution is -0.0254. The van der Waals surface area contributed by atoms with Crippen LogP contribution in [0.15, 0.2) is 42.5 Å². The van der Waals surface area contributed by atoms with Gasteiger partial charge in [0.25, 0.3) is 0 Å². The van der Waals surface area contributed by atoms with Crippen molar-refractivity contribution in [3.8, 4) is 5.75 Å². The number of benzene rings is 2. The van der Waals surface area contributed by atoms with Gasteiger partial charge in [0.2, 0.25) is 0 Å². The first kappa shape index (κ1) is 30.4. The zero-order chi connectivity index (χ0) is 23.0. The van der Waals surface area contributed by atoms with Gasteiger partial charge >= 0.3 is 0 Å². The number of hydrogen-bond donors (Lipinski definition) is 1. The van der Waals surface area contributed by atoms with Gasteiger partial charge in [-0.15, -0.1) is 24.8 Å². The van der Waals surface area contributed by atoms with E-state index in [2.05, 4.69) is 28.9 Å². The van der Waals surface area contributed by atoms with Gasteiger partial charge in [0, 0.05) is 45.0 Å². The fourth-order valence-corrected chi connectivity index (χ4v) is 4.08. The van der Waals surface area contributed by atoms with Crippen LogP contribution in [-0.4, -0.2) is 55.4 Å². The second-order valence-electron chi connectivity index (χ2n) is 8.92. The Labute approximate surface area is 215 Å². The summed E-state index contributed by atoms with van der Waals surface area (Å²) in [6.45, 7) is 5.95. The highest BCUT2D eigenvalue weighted by Crippen LogP contribution is 2.27.